The molecule has 20 aromatic rings. The van der Waals surface area contributed by atoms with Crippen molar-refractivity contribution in [3.63, 3.8) is 0 Å². The fourth-order valence-electron chi connectivity index (χ4n) is 16.4. The molecule has 1 aliphatic rings. The van der Waals surface area contributed by atoms with Crippen molar-refractivity contribution in [1.82, 2.24) is 33.2 Å². The van der Waals surface area contributed by atoms with E-state index in [1.807, 2.05) is 12.1 Å². The summed E-state index contributed by atoms with van der Waals surface area (Å²) in [4.78, 5) is 16.9. The lowest BCUT2D eigenvalue weighted by Gasteiger charge is -2.21. The van der Waals surface area contributed by atoms with E-state index in [0.717, 1.165) is 121 Å². The maximum Gasteiger partial charge on any atom is 0.240 e. The molecule has 8 nitrogen and oxygen atoms in total. The number of benzene rings is 14. The van der Waals surface area contributed by atoms with Gasteiger partial charge in [0.15, 0.2) is 5.82 Å². The Hall–Kier alpha value is -12.9. The van der Waals surface area contributed by atoms with Crippen LogP contribution in [0.2, 0.25) is 0 Å². The van der Waals surface area contributed by atoms with Crippen molar-refractivity contribution in [3.05, 3.63) is 321 Å². The summed E-state index contributed by atoms with van der Waals surface area (Å²) in [6, 6.07) is 112. The number of rotatable bonds is 8. The van der Waals surface area contributed by atoms with E-state index < -0.39 is 0 Å². The Labute approximate surface area is 562 Å². The van der Waals surface area contributed by atoms with Gasteiger partial charge in [0.2, 0.25) is 11.9 Å². The zero-order valence-electron chi connectivity index (χ0n) is 53.5. The van der Waals surface area contributed by atoms with Gasteiger partial charge in [0.25, 0.3) is 0 Å². The molecule has 0 saturated heterocycles. The van der Waals surface area contributed by atoms with E-state index in [2.05, 4.69) is 329 Å². The summed E-state index contributed by atoms with van der Waals surface area (Å²) in [6.45, 7) is 4.69. The van der Waals surface area contributed by atoms with E-state index in [1.54, 1.807) is 0 Å². The Bertz CT molecular complexity index is 6790. The first kappa shape index (κ1) is 54.5. The maximum atomic E-state index is 6.28. The normalized spacial score (nSPS) is 12.9. The molecule has 458 valence electrons. The van der Waals surface area contributed by atoms with Crippen LogP contribution in [0.15, 0.2) is 314 Å². The number of para-hydroxylation sites is 6. The summed E-state index contributed by atoms with van der Waals surface area (Å²) in [5.74, 6) is 1.61. The summed E-state index contributed by atoms with van der Waals surface area (Å²) >= 11 is 0. The minimum Gasteiger partial charge on any atom is -0.456 e. The molecule has 0 saturated carbocycles. The molecule has 21 rings (SSSR count). The van der Waals surface area contributed by atoms with Gasteiger partial charge in [0.05, 0.1) is 44.1 Å². The van der Waals surface area contributed by atoms with Crippen LogP contribution < -0.4 is 0 Å². The molecular formula is C90H57N7O. The molecule has 0 aliphatic heterocycles. The predicted molar refractivity (Wildman–Crippen MR) is 404 cm³/mol. The van der Waals surface area contributed by atoms with Crippen molar-refractivity contribution in [2.24, 2.45) is 0 Å². The fraction of sp³-hybridized carbons (Fsp3) is 0.0333. The molecular weight excluding hydrogens is 1200 g/mol. The van der Waals surface area contributed by atoms with Crippen molar-refractivity contribution < 1.29 is 4.42 Å². The Morgan fingerprint density at radius 3 is 1.38 bits per heavy atom. The highest BCUT2D eigenvalue weighted by molar-refractivity contribution is 6.15. The predicted octanol–water partition coefficient (Wildman–Crippen LogP) is 23.1. The van der Waals surface area contributed by atoms with Crippen LogP contribution in [0.1, 0.15) is 25.0 Å². The van der Waals surface area contributed by atoms with Gasteiger partial charge in [0.1, 0.15) is 11.2 Å². The molecule has 6 heterocycles. The summed E-state index contributed by atoms with van der Waals surface area (Å²) < 4.78 is 15.6. The van der Waals surface area contributed by atoms with Crippen molar-refractivity contribution in [1.29, 1.82) is 0 Å². The van der Waals surface area contributed by atoms with Crippen LogP contribution in [-0.4, -0.2) is 33.2 Å². The summed E-state index contributed by atoms with van der Waals surface area (Å²) in [5.41, 5.74) is 25.1. The van der Waals surface area contributed by atoms with E-state index in [1.165, 1.54) is 60.4 Å². The Balaban J connectivity index is 0.730. The molecule has 0 atom stereocenters. The van der Waals surface area contributed by atoms with Crippen molar-refractivity contribution >= 4 is 109 Å². The number of aromatic nitrogens is 7. The van der Waals surface area contributed by atoms with E-state index >= 15 is 0 Å². The molecule has 0 spiro atoms. The lowest BCUT2D eigenvalue weighted by atomic mass is 9.82. The highest BCUT2D eigenvalue weighted by Crippen LogP contribution is 2.51. The Kier molecular flexibility index (Phi) is 11.4. The number of hydrogen-bond donors (Lipinski definition) is 0. The van der Waals surface area contributed by atoms with Crippen LogP contribution >= 0.6 is 0 Å². The average Bonchev–Trinajstić information content (AvgIpc) is 1.56. The smallest absolute Gasteiger partial charge is 0.240 e. The van der Waals surface area contributed by atoms with Crippen LogP contribution in [0.5, 0.6) is 0 Å². The second-order valence-corrected chi connectivity index (χ2v) is 26.7. The minimum absolute atomic E-state index is 0.234. The van der Waals surface area contributed by atoms with Gasteiger partial charge < -0.3 is 13.6 Å². The molecule has 0 fully saturated rings. The standard InChI is InChI=1S/C90H57N7O/c1-90(2)75-32-12-6-26-63(75)70-52-73-67-30-10-16-36-80(67)97(84(73)53-76(70)90)89-92-87(91-88(93-89)96-79-35-15-9-29-66(79)72-48-56(40-44-82(72)96)58-41-45-86-74(50-58)69-31-11-17-37-85(69)98-86)60-22-18-20-54(46-60)55-21-19-25-62(47-55)95-77-33-13-7-27-64(77)68-42-38-59(51-83(68)95)57-39-43-81-71(49-57)65-28-8-14-34-78(65)94(81)61-23-4-3-5-24-61/h3-53H,1-2H3. The molecule has 1 aliphatic carbocycles. The first-order chi connectivity index (χ1) is 48.3. The van der Waals surface area contributed by atoms with Crippen LogP contribution in [0.25, 0.3) is 188 Å². The number of fused-ring (bicyclic) bond motifs is 18. The van der Waals surface area contributed by atoms with Gasteiger partial charge in [0, 0.05) is 76.2 Å². The van der Waals surface area contributed by atoms with Gasteiger partial charge in [-0.25, -0.2) is 0 Å². The number of furan rings is 1. The molecule has 0 bridgehead atoms. The van der Waals surface area contributed by atoms with E-state index in [9.17, 15) is 0 Å². The lowest BCUT2D eigenvalue weighted by molar-refractivity contribution is 0.661. The van der Waals surface area contributed by atoms with E-state index in [-0.39, 0.29) is 5.41 Å². The van der Waals surface area contributed by atoms with Crippen LogP contribution in [0.3, 0.4) is 0 Å². The van der Waals surface area contributed by atoms with Crippen molar-refractivity contribution in [2.75, 3.05) is 0 Å². The van der Waals surface area contributed by atoms with Gasteiger partial charge in [-0.15, -0.1) is 0 Å². The Morgan fingerprint density at radius 2 is 0.684 bits per heavy atom. The topological polar surface area (TPSA) is 71.5 Å². The first-order valence-corrected chi connectivity index (χ1v) is 33.6. The number of hydrogen-bond acceptors (Lipinski definition) is 4. The minimum atomic E-state index is -0.234. The zero-order valence-corrected chi connectivity index (χ0v) is 53.5. The second kappa shape index (κ2) is 20.5. The highest BCUT2D eigenvalue weighted by atomic mass is 16.3. The fourth-order valence-corrected chi connectivity index (χ4v) is 16.4. The summed E-state index contributed by atoms with van der Waals surface area (Å²) in [7, 11) is 0. The quantitative estimate of drug-likeness (QED) is 0.152. The van der Waals surface area contributed by atoms with E-state index in [0.29, 0.717) is 17.7 Å². The molecule has 8 heteroatoms. The van der Waals surface area contributed by atoms with Gasteiger partial charge in [-0.1, -0.05) is 208 Å². The van der Waals surface area contributed by atoms with Gasteiger partial charge in [-0.3, -0.25) is 9.13 Å². The monoisotopic (exact) mass is 1250 g/mol. The third-order valence-corrected chi connectivity index (χ3v) is 21.0. The maximum absolute atomic E-state index is 6.28. The largest absolute Gasteiger partial charge is 0.456 e. The van der Waals surface area contributed by atoms with Gasteiger partial charge in [-0.2, -0.15) is 15.0 Å². The van der Waals surface area contributed by atoms with Crippen LogP contribution in [0, 0.1) is 0 Å². The summed E-state index contributed by atoms with van der Waals surface area (Å²) in [5, 5.41) is 11.5. The SMILES string of the molecule is CC1(C)c2ccccc2-c2cc3c4ccccc4n(-c4nc(-c5cccc(-c6cccc(-n7c8ccccc8c8ccc(-c9ccc%10c(c9)c9ccccc9n%10-c9ccccc9)cc87)c6)c5)nc(-n5c6ccccc6c6cc(-c7ccc8oc9ccccc9c8c7)ccc65)n4)c3cc21. The second-order valence-electron chi connectivity index (χ2n) is 26.7. The molecule has 0 radical (unpaired) electrons. The summed E-state index contributed by atoms with van der Waals surface area (Å²) in [6.07, 6.45) is 0. The molecule has 0 amide bonds. The highest BCUT2D eigenvalue weighted by Gasteiger charge is 2.36. The molecule has 0 N–H and O–H groups in total. The average molecular weight is 1250 g/mol. The third-order valence-electron chi connectivity index (χ3n) is 21.0. The van der Waals surface area contributed by atoms with Crippen molar-refractivity contribution in [3.8, 4) is 79.2 Å². The third kappa shape index (κ3) is 7.97. The molecule has 0 unspecified atom stereocenters. The van der Waals surface area contributed by atoms with Gasteiger partial charge >= 0.3 is 0 Å². The lowest BCUT2D eigenvalue weighted by Crippen LogP contribution is -2.15. The van der Waals surface area contributed by atoms with Crippen molar-refractivity contribution in [2.45, 2.75) is 19.3 Å². The first-order valence-electron chi connectivity index (χ1n) is 33.6. The molecule has 98 heavy (non-hydrogen) atoms. The van der Waals surface area contributed by atoms with Crippen LogP contribution in [-0.2, 0) is 5.41 Å². The zero-order chi connectivity index (χ0) is 64.5. The number of nitrogens with zero attached hydrogens (tertiary/aromatic N) is 7. The Morgan fingerprint density at radius 1 is 0.245 bits per heavy atom. The van der Waals surface area contributed by atoms with Crippen LogP contribution in [0.4, 0.5) is 0 Å². The molecule has 6 aromatic heterocycles. The van der Waals surface area contributed by atoms with E-state index in [4.69, 9.17) is 19.4 Å². The van der Waals surface area contributed by atoms with Gasteiger partial charge in [-0.05, 0) is 171 Å². The molecule has 14 aromatic carbocycles.